The minimum absolute atomic E-state index is 0.245. The lowest BCUT2D eigenvalue weighted by Crippen LogP contribution is -2.34. The van der Waals surface area contributed by atoms with Crippen LogP contribution >= 0.6 is 11.8 Å². The summed E-state index contributed by atoms with van der Waals surface area (Å²) in [5.41, 5.74) is 6.95. The third-order valence-corrected chi connectivity index (χ3v) is 7.01. The van der Waals surface area contributed by atoms with E-state index in [9.17, 15) is 4.79 Å². The Kier molecular flexibility index (Phi) is 6.60. The number of fused-ring (bicyclic) bond motifs is 2. The summed E-state index contributed by atoms with van der Waals surface area (Å²) < 4.78 is 14.0. The average molecular weight is 464 g/mol. The molecule has 0 spiro atoms. The monoisotopic (exact) mass is 463 g/mol. The molecule has 2 fully saturated rings. The largest absolute Gasteiger partial charge is 0.369 e. The Labute approximate surface area is 192 Å². The molecule has 0 bridgehead atoms. The number of anilines is 1. The normalized spacial score (nSPS) is 27.5. The van der Waals surface area contributed by atoms with Crippen LogP contribution in [0.5, 0.6) is 0 Å². The number of rotatable bonds is 9. The van der Waals surface area contributed by atoms with Gasteiger partial charge in [0.25, 0.3) is 0 Å². The van der Waals surface area contributed by atoms with Crippen LogP contribution in [0.4, 0.5) is 5.82 Å². The number of carbonyl (C=O) groups excluding carboxylic acids is 1. The number of hydrogen-bond donors (Lipinski definition) is 2. The molecule has 2 aromatic heterocycles. The van der Waals surface area contributed by atoms with Gasteiger partial charge in [0.05, 0.1) is 12.0 Å². The Bertz CT molecular complexity index is 982. The zero-order valence-corrected chi connectivity index (χ0v) is 20.2. The number of carbonyl (C=O) groups is 1. The standard InChI is InChI=1S/C21H33N7O3S/c1-6-8-11(3)23-18-14-19(25-20(24-18)32-9-7-2)28(27-26-14)13-10-12(17(22)29)15-16(13)31-21(4,5)30-15/h11-13,15-16H,6-10H2,1-5H3,(H2,22,29)(H,23,24,25)/t11?,12-,13+,15+,16-/m0/s1. The predicted molar refractivity (Wildman–Crippen MR) is 122 cm³/mol. The van der Waals surface area contributed by atoms with E-state index in [0.29, 0.717) is 28.6 Å². The lowest BCUT2D eigenvalue weighted by Gasteiger charge is -2.23. The highest BCUT2D eigenvalue weighted by molar-refractivity contribution is 7.99. The van der Waals surface area contributed by atoms with Crippen molar-refractivity contribution in [3.05, 3.63) is 0 Å². The van der Waals surface area contributed by atoms with Crippen molar-refractivity contribution in [3.63, 3.8) is 0 Å². The first-order chi connectivity index (χ1) is 15.2. The number of nitrogens with two attached hydrogens (primary N) is 1. The van der Waals surface area contributed by atoms with E-state index in [2.05, 4.69) is 36.4 Å². The van der Waals surface area contributed by atoms with Crippen LogP contribution in [0.2, 0.25) is 0 Å². The van der Waals surface area contributed by atoms with E-state index >= 15 is 0 Å². The van der Waals surface area contributed by atoms with Gasteiger partial charge in [0.15, 0.2) is 27.9 Å². The molecule has 11 heteroatoms. The van der Waals surface area contributed by atoms with Crippen LogP contribution in [0.1, 0.15) is 66.3 Å². The van der Waals surface area contributed by atoms with Gasteiger partial charge in [-0.25, -0.2) is 14.6 Å². The van der Waals surface area contributed by atoms with Crippen LogP contribution < -0.4 is 11.1 Å². The van der Waals surface area contributed by atoms with Crippen molar-refractivity contribution in [2.45, 2.75) is 95.5 Å². The number of ether oxygens (including phenoxy) is 2. The first-order valence-corrected chi connectivity index (χ1v) is 12.4. The second-order valence-electron chi connectivity index (χ2n) is 9.12. The number of aromatic nitrogens is 5. The third kappa shape index (κ3) is 4.42. The number of amides is 1. The van der Waals surface area contributed by atoms with Crippen molar-refractivity contribution in [1.82, 2.24) is 25.0 Å². The molecule has 0 aromatic carbocycles. The molecule has 10 nitrogen and oxygen atoms in total. The van der Waals surface area contributed by atoms with Crippen molar-refractivity contribution in [2.24, 2.45) is 11.7 Å². The third-order valence-electron chi connectivity index (χ3n) is 5.96. The van der Waals surface area contributed by atoms with Gasteiger partial charge in [0, 0.05) is 11.8 Å². The number of hydrogen-bond acceptors (Lipinski definition) is 9. The first kappa shape index (κ1) is 23.2. The van der Waals surface area contributed by atoms with Crippen LogP contribution in [0, 0.1) is 5.92 Å². The fourth-order valence-corrected chi connectivity index (χ4v) is 5.30. The van der Waals surface area contributed by atoms with E-state index in [0.717, 1.165) is 25.0 Å². The second kappa shape index (κ2) is 9.11. The van der Waals surface area contributed by atoms with Crippen molar-refractivity contribution in [3.8, 4) is 0 Å². The van der Waals surface area contributed by atoms with Gasteiger partial charge in [0.2, 0.25) is 5.91 Å². The van der Waals surface area contributed by atoms with Gasteiger partial charge in [-0.2, -0.15) is 0 Å². The Morgan fingerprint density at radius 1 is 1.28 bits per heavy atom. The van der Waals surface area contributed by atoms with Crippen LogP contribution in [-0.2, 0) is 14.3 Å². The minimum atomic E-state index is -0.794. The summed E-state index contributed by atoms with van der Waals surface area (Å²) >= 11 is 1.61. The van der Waals surface area contributed by atoms with Crippen molar-refractivity contribution in [2.75, 3.05) is 11.1 Å². The molecule has 2 aliphatic rings. The van der Waals surface area contributed by atoms with E-state index in [1.54, 1.807) is 16.4 Å². The fraction of sp³-hybridized carbons (Fsp3) is 0.762. The van der Waals surface area contributed by atoms with Crippen LogP contribution in [0.3, 0.4) is 0 Å². The van der Waals surface area contributed by atoms with E-state index in [1.807, 2.05) is 13.8 Å². The molecule has 1 amide bonds. The Morgan fingerprint density at radius 2 is 2.03 bits per heavy atom. The molecule has 0 radical (unpaired) electrons. The molecule has 3 heterocycles. The fourth-order valence-electron chi connectivity index (χ4n) is 4.60. The summed E-state index contributed by atoms with van der Waals surface area (Å²) in [7, 11) is 0. The van der Waals surface area contributed by atoms with Crippen LogP contribution in [-0.4, -0.2) is 60.7 Å². The lowest BCUT2D eigenvalue weighted by atomic mass is 10.1. The van der Waals surface area contributed by atoms with Crippen LogP contribution in [0.15, 0.2) is 5.16 Å². The van der Waals surface area contributed by atoms with Gasteiger partial charge in [-0.05, 0) is 40.0 Å². The highest BCUT2D eigenvalue weighted by atomic mass is 32.2. The minimum Gasteiger partial charge on any atom is -0.369 e. The highest BCUT2D eigenvalue weighted by Crippen LogP contribution is 2.47. The molecule has 32 heavy (non-hydrogen) atoms. The summed E-state index contributed by atoms with van der Waals surface area (Å²) in [6, 6.07) is -0.0149. The summed E-state index contributed by atoms with van der Waals surface area (Å²) in [6.07, 6.45) is 2.80. The topological polar surface area (TPSA) is 130 Å². The summed E-state index contributed by atoms with van der Waals surface area (Å²) in [6.45, 7) is 10.1. The zero-order valence-electron chi connectivity index (χ0n) is 19.4. The second-order valence-corrected chi connectivity index (χ2v) is 10.2. The van der Waals surface area contributed by atoms with Gasteiger partial charge in [-0.15, -0.1) is 5.10 Å². The molecule has 1 unspecified atom stereocenters. The molecule has 2 aromatic rings. The highest BCUT2D eigenvalue weighted by Gasteiger charge is 2.57. The van der Waals surface area contributed by atoms with Crippen molar-refractivity contribution in [1.29, 1.82) is 0 Å². The van der Waals surface area contributed by atoms with E-state index < -0.39 is 23.7 Å². The predicted octanol–water partition coefficient (Wildman–Crippen LogP) is 2.89. The lowest BCUT2D eigenvalue weighted by molar-refractivity contribution is -0.162. The van der Waals surface area contributed by atoms with Gasteiger partial charge >= 0.3 is 0 Å². The SMILES string of the molecule is CCCSc1nc(NC(C)CCC)c2nnn([C@@H]3C[C@H](C(N)=O)[C@H]4OC(C)(C)O[C@H]43)c2n1. The first-order valence-electron chi connectivity index (χ1n) is 11.4. The number of nitrogens with one attached hydrogen (secondary N) is 1. The Morgan fingerprint density at radius 3 is 2.72 bits per heavy atom. The average Bonchev–Trinajstić information content (AvgIpc) is 3.36. The molecular weight excluding hydrogens is 430 g/mol. The molecular formula is C21H33N7O3S. The summed E-state index contributed by atoms with van der Waals surface area (Å²) in [4.78, 5) is 21.7. The quantitative estimate of drug-likeness (QED) is 0.426. The molecule has 1 aliphatic heterocycles. The van der Waals surface area contributed by atoms with Gasteiger partial charge < -0.3 is 20.5 Å². The summed E-state index contributed by atoms with van der Waals surface area (Å²) in [5.74, 6) is -0.0372. The maximum atomic E-state index is 12.1. The molecule has 1 saturated carbocycles. The molecule has 176 valence electrons. The Hall–Kier alpha value is -1.98. The van der Waals surface area contributed by atoms with Gasteiger partial charge in [-0.3, -0.25) is 4.79 Å². The molecule has 1 aliphatic carbocycles. The van der Waals surface area contributed by atoms with Crippen molar-refractivity contribution >= 4 is 34.7 Å². The molecule has 4 rings (SSSR count). The van der Waals surface area contributed by atoms with Crippen LogP contribution in [0.25, 0.3) is 11.2 Å². The number of nitrogens with zero attached hydrogens (tertiary/aromatic N) is 5. The van der Waals surface area contributed by atoms with Crippen molar-refractivity contribution < 1.29 is 14.3 Å². The number of primary amides is 1. The zero-order chi connectivity index (χ0) is 23.0. The van der Waals surface area contributed by atoms with E-state index in [4.69, 9.17) is 25.2 Å². The molecule has 3 N–H and O–H groups in total. The molecule has 5 atom stereocenters. The Balaban J connectivity index is 1.75. The van der Waals surface area contributed by atoms with Gasteiger partial charge in [0.1, 0.15) is 12.2 Å². The maximum absolute atomic E-state index is 12.1. The smallest absolute Gasteiger partial charge is 0.223 e. The maximum Gasteiger partial charge on any atom is 0.223 e. The summed E-state index contributed by atoms with van der Waals surface area (Å²) in [5, 5.41) is 13.0. The van der Waals surface area contributed by atoms with Gasteiger partial charge in [-0.1, -0.05) is 37.2 Å². The number of thioether (sulfide) groups is 1. The van der Waals surface area contributed by atoms with E-state index in [-0.39, 0.29) is 18.2 Å². The molecule has 1 saturated heterocycles. The van der Waals surface area contributed by atoms with E-state index in [1.165, 1.54) is 0 Å².